The summed E-state index contributed by atoms with van der Waals surface area (Å²) >= 11 is 0. The summed E-state index contributed by atoms with van der Waals surface area (Å²) in [6.07, 6.45) is 3.76. The van der Waals surface area contributed by atoms with Crippen molar-refractivity contribution in [1.82, 2.24) is 0 Å². The van der Waals surface area contributed by atoms with Crippen LogP contribution in [-0.2, 0) is 0 Å². The lowest BCUT2D eigenvalue weighted by atomic mass is 10.1. The van der Waals surface area contributed by atoms with Crippen LogP contribution in [-0.4, -0.2) is 30.4 Å². The van der Waals surface area contributed by atoms with Gasteiger partial charge in [0.2, 0.25) is 0 Å². The molecule has 5 heteroatoms. The van der Waals surface area contributed by atoms with Gasteiger partial charge < -0.3 is 10.0 Å². The number of halogens is 1. The zero-order valence-corrected chi connectivity index (χ0v) is 13.5. The molecule has 1 saturated heterocycles. The maximum Gasteiger partial charge on any atom is 0.336 e. The third kappa shape index (κ3) is 3.30. The highest BCUT2D eigenvalue weighted by Gasteiger charge is 2.16. The van der Waals surface area contributed by atoms with Crippen molar-refractivity contribution in [1.29, 1.82) is 0 Å². The number of hydrogen-bond donors (Lipinski definition) is 1. The molecule has 4 nitrogen and oxygen atoms in total. The fourth-order valence-corrected chi connectivity index (χ4v) is 2.96. The molecule has 1 heterocycles. The second-order valence-electron chi connectivity index (χ2n) is 5.92. The van der Waals surface area contributed by atoms with E-state index in [9.17, 15) is 9.18 Å². The highest BCUT2D eigenvalue weighted by atomic mass is 19.1. The molecule has 0 radical (unpaired) electrons. The maximum atomic E-state index is 14.3. The van der Waals surface area contributed by atoms with Crippen LogP contribution in [0.5, 0.6) is 0 Å². The summed E-state index contributed by atoms with van der Waals surface area (Å²) in [5.74, 6) is -1.23. The molecule has 1 aliphatic rings. The predicted octanol–water partition coefficient (Wildman–Crippen LogP) is 4.18. The summed E-state index contributed by atoms with van der Waals surface area (Å²) in [6.45, 7) is 3.50. The van der Waals surface area contributed by atoms with Crippen molar-refractivity contribution in [3.63, 3.8) is 0 Å². The van der Waals surface area contributed by atoms with Crippen molar-refractivity contribution in [2.45, 2.75) is 19.8 Å². The lowest BCUT2D eigenvalue weighted by Crippen LogP contribution is -2.18. The van der Waals surface area contributed by atoms with E-state index in [0.717, 1.165) is 25.9 Å². The minimum absolute atomic E-state index is 0.222. The Bertz CT molecular complexity index is 796. The van der Waals surface area contributed by atoms with Crippen LogP contribution in [0.1, 0.15) is 34.3 Å². The van der Waals surface area contributed by atoms with Gasteiger partial charge >= 0.3 is 5.97 Å². The number of nitrogens with zero attached hydrogens (tertiary/aromatic N) is 2. The van der Waals surface area contributed by atoms with Crippen molar-refractivity contribution in [3.05, 3.63) is 58.9 Å². The Kier molecular flexibility index (Phi) is 4.60. The van der Waals surface area contributed by atoms with E-state index in [4.69, 9.17) is 5.11 Å². The van der Waals surface area contributed by atoms with Gasteiger partial charge in [0.25, 0.3) is 0 Å². The van der Waals surface area contributed by atoms with E-state index < -0.39 is 5.97 Å². The highest BCUT2D eigenvalue weighted by Crippen LogP contribution is 2.25. The van der Waals surface area contributed by atoms with Gasteiger partial charge in [-0.15, -0.1) is 0 Å². The standard InChI is InChI=1S/C19H19FN2O2/c1-13-15(19(23)24)5-4-6-17(13)21-12-14-7-8-18(16(20)11-14)22-9-2-3-10-22/h4-8,11-12H,2-3,9-10H2,1H3,(H,23,24). The topological polar surface area (TPSA) is 52.9 Å². The van der Waals surface area contributed by atoms with Crippen LogP contribution in [0, 0.1) is 12.7 Å². The zero-order chi connectivity index (χ0) is 17.1. The van der Waals surface area contributed by atoms with Crippen LogP contribution < -0.4 is 4.90 Å². The van der Waals surface area contributed by atoms with Crippen LogP contribution in [0.4, 0.5) is 15.8 Å². The third-order valence-corrected chi connectivity index (χ3v) is 4.31. The summed E-state index contributed by atoms with van der Waals surface area (Å²) in [4.78, 5) is 17.5. The molecule has 0 saturated carbocycles. The van der Waals surface area contributed by atoms with Gasteiger partial charge in [-0.2, -0.15) is 0 Å². The van der Waals surface area contributed by atoms with Gasteiger partial charge in [-0.25, -0.2) is 9.18 Å². The molecule has 0 aliphatic carbocycles. The van der Waals surface area contributed by atoms with Crippen LogP contribution in [0.15, 0.2) is 41.4 Å². The Morgan fingerprint density at radius 1 is 1.25 bits per heavy atom. The van der Waals surface area contributed by atoms with Crippen LogP contribution >= 0.6 is 0 Å². The molecular formula is C19H19FN2O2. The molecule has 0 unspecified atom stereocenters. The van der Waals surface area contributed by atoms with Crippen LogP contribution in [0.2, 0.25) is 0 Å². The van der Waals surface area contributed by atoms with Gasteiger partial charge in [0.15, 0.2) is 0 Å². The Morgan fingerprint density at radius 2 is 2.00 bits per heavy atom. The molecule has 0 atom stereocenters. The van der Waals surface area contributed by atoms with Gasteiger partial charge in [-0.1, -0.05) is 12.1 Å². The van der Waals surface area contributed by atoms with Gasteiger partial charge in [-0.3, -0.25) is 4.99 Å². The number of carboxylic acid groups (broad SMARTS) is 1. The van der Waals surface area contributed by atoms with Gasteiger partial charge in [0, 0.05) is 19.3 Å². The minimum atomic E-state index is -0.981. The molecule has 0 spiro atoms. The summed E-state index contributed by atoms with van der Waals surface area (Å²) in [7, 11) is 0. The number of aliphatic imine (C=N–C) groups is 1. The van der Waals surface area contributed by atoms with E-state index in [1.165, 1.54) is 6.07 Å². The molecule has 2 aromatic carbocycles. The van der Waals surface area contributed by atoms with E-state index in [-0.39, 0.29) is 11.4 Å². The summed E-state index contributed by atoms with van der Waals surface area (Å²) in [5, 5.41) is 9.14. The van der Waals surface area contributed by atoms with Crippen LogP contribution in [0.3, 0.4) is 0 Å². The number of hydrogen-bond acceptors (Lipinski definition) is 3. The maximum absolute atomic E-state index is 14.3. The first-order chi connectivity index (χ1) is 11.6. The Labute approximate surface area is 140 Å². The molecule has 1 aliphatic heterocycles. The molecule has 2 aromatic rings. The fraction of sp³-hybridized carbons (Fsp3) is 0.263. The highest BCUT2D eigenvalue weighted by molar-refractivity contribution is 5.91. The SMILES string of the molecule is Cc1c(N=Cc2ccc(N3CCCC3)c(F)c2)cccc1C(=O)O. The molecule has 24 heavy (non-hydrogen) atoms. The Balaban J connectivity index is 1.83. The molecule has 0 bridgehead atoms. The fourth-order valence-electron chi connectivity index (χ4n) is 2.96. The van der Waals surface area contributed by atoms with E-state index in [1.807, 2.05) is 6.07 Å². The Morgan fingerprint density at radius 3 is 2.67 bits per heavy atom. The van der Waals surface area contributed by atoms with Crippen molar-refractivity contribution in [2.24, 2.45) is 4.99 Å². The smallest absolute Gasteiger partial charge is 0.336 e. The molecule has 0 aromatic heterocycles. The molecule has 1 N–H and O–H groups in total. The van der Waals surface area contributed by atoms with Crippen molar-refractivity contribution >= 4 is 23.6 Å². The monoisotopic (exact) mass is 326 g/mol. The van der Waals surface area contributed by atoms with Crippen LogP contribution in [0.25, 0.3) is 0 Å². The first kappa shape index (κ1) is 16.2. The first-order valence-electron chi connectivity index (χ1n) is 7.98. The third-order valence-electron chi connectivity index (χ3n) is 4.31. The Hall–Kier alpha value is -2.69. The molecule has 124 valence electrons. The number of rotatable bonds is 4. The molecular weight excluding hydrogens is 307 g/mol. The van der Waals surface area contributed by atoms with E-state index in [2.05, 4.69) is 9.89 Å². The predicted molar refractivity (Wildman–Crippen MR) is 93.2 cm³/mol. The zero-order valence-electron chi connectivity index (χ0n) is 13.5. The number of carboxylic acids is 1. The molecule has 3 rings (SSSR count). The first-order valence-corrected chi connectivity index (χ1v) is 7.98. The lowest BCUT2D eigenvalue weighted by Gasteiger charge is -2.18. The van der Waals surface area contributed by atoms with E-state index >= 15 is 0 Å². The number of benzene rings is 2. The quantitative estimate of drug-likeness (QED) is 0.857. The van der Waals surface area contributed by atoms with Gasteiger partial charge in [0.1, 0.15) is 5.82 Å². The number of carbonyl (C=O) groups is 1. The lowest BCUT2D eigenvalue weighted by molar-refractivity contribution is 0.0696. The van der Waals surface area contributed by atoms with Crippen molar-refractivity contribution in [3.8, 4) is 0 Å². The molecule has 1 fully saturated rings. The normalized spacial score (nSPS) is 14.5. The average Bonchev–Trinajstić information content (AvgIpc) is 3.08. The van der Waals surface area contributed by atoms with Crippen molar-refractivity contribution in [2.75, 3.05) is 18.0 Å². The summed E-state index contributed by atoms with van der Waals surface area (Å²) in [5.41, 5.74) is 2.67. The van der Waals surface area contributed by atoms with E-state index in [1.54, 1.807) is 37.4 Å². The van der Waals surface area contributed by atoms with Gasteiger partial charge in [0.05, 0.1) is 16.9 Å². The number of aromatic carboxylic acids is 1. The molecule has 0 amide bonds. The number of anilines is 1. The second-order valence-corrected chi connectivity index (χ2v) is 5.92. The van der Waals surface area contributed by atoms with E-state index in [0.29, 0.717) is 22.5 Å². The largest absolute Gasteiger partial charge is 0.478 e. The summed E-state index contributed by atoms with van der Waals surface area (Å²) < 4.78 is 14.3. The summed E-state index contributed by atoms with van der Waals surface area (Å²) in [6, 6.07) is 10.0. The average molecular weight is 326 g/mol. The second kappa shape index (κ2) is 6.83. The van der Waals surface area contributed by atoms with Crippen molar-refractivity contribution < 1.29 is 14.3 Å². The van der Waals surface area contributed by atoms with Gasteiger partial charge in [-0.05, 0) is 55.2 Å². The minimum Gasteiger partial charge on any atom is -0.478 e.